The van der Waals surface area contributed by atoms with E-state index in [4.69, 9.17) is 16.7 Å². The fourth-order valence-corrected chi connectivity index (χ4v) is 2.09. The van der Waals surface area contributed by atoms with Gasteiger partial charge in [-0.1, -0.05) is 17.7 Å². The smallest absolute Gasteiger partial charge is 0.335 e. The third kappa shape index (κ3) is 4.93. The van der Waals surface area contributed by atoms with Crippen molar-refractivity contribution in [1.29, 1.82) is 0 Å². The summed E-state index contributed by atoms with van der Waals surface area (Å²) in [6, 6.07) is 12.4. The molecule has 5 nitrogen and oxygen atoms in total. The number of hydrogen-bond donors (Lipinski definition) is 2. The Balaban J connectivity index is 1.90. The van der Waals surface area contributed by atoms with Crippen LogP contribution in [-0.2, 0) is 4.79 Å². The molecule has 0 aromatic heterocycles. The fourth-order valence-electron chi connectivity index (χ4n) is 1.96. The molecule has 2 aromatic rings. The van der Waals surface area contributed by atoms with Crippen LogP contribution in [0, 0.1) is 0 Å². The Hall–Kier alpha value is -2.66. The molecule has 1 amide bonds. The molecule has 6 heteroatoms. The Kier molecular flexibility index (Phi) is 5.49. The van der Waals surface area contributed by atoms with Crippen LogP contribution in [0.4, 0.5) is 5.69 Å². The van der Waals surface area contributed by atoms with Gasteiger partial charge >= 0.3 is 5.97 Å². The number of carboxylic acids is 1. The molecule has 0 spiro atoms. The first-order valence-corrected chi connectivity index (χ1v) is 7.25. The van der Waals surface area contributed by atoms with Gasteiger partial charge in [-0.05, 0) is 42.5 Å². The van der Waals surface area contributed by atoms with Crippen LogP contribution in [0.1, 0.15) is 33.6 Å². The number of anilines is 1. The summed E-state index contributed by atoms with van der Waals surface area (Å²) in [6.07, 6.45) is 0.0743. The van der Waals surface area contributed by atoms with Gasteiger partial charge in [0, 0.05) is 29.1 Å². The van der Waals surface area contributed by atoms with Crippen LogP contribution in [-0.4, -0.2) is 22.8 Å². The van der Waals surface area contributed by atoms with E-state index in [1.807, 2.05) is 0 Å². The molecule has 0 bridgehead atoms. The second-order valence-corrected chi connectivity index (χ2v) is 5.30. The largest absolute Gasteiger partial charge is 0.478 e. The Morgan fingerprint density at radius 3 is 2.30 bits per heavy atom. The second-order valence-electron chi connectivity index (χ2n) is 4.86. The van der Waals surface area contributed by atoms with Gasteiger partial charge in [-0.3, -0.25) is 9.59 Å². The van der Waals surface area contributed by atoms with Crippen molar-refractivity contribution in [3.05, 3.63) is 64.7 Å². The predicted molar refractivity (Wildman–Crippen MR) is 87.0 cm³/mol. The highest BCUT2D eigenvalue weighted by Crippen LogP contribution is 2.14. The number of ketones is 1. The highest BCUT2D eigenvalue weighted by molar-refractivity contribution is 6.30. The van der Waals surface area contributed by atoms with E-state index in [0.29, 0.717) is 16.3 Å². The molecule has 0 heterocycles. The fraction of sp³-hybridized carbons (Fsp3) is 0.118. The van der Waals surface area contributed by atoms with Crippen LogP contribution in [0.3, 0.4) is 0 Å². The first-order chi connectivity index (χ1) is 11.0. The summed E-state index contributed by atoms with van der Waals surface area (Å²) in [6.45, 7) is 0. The van der Waals surface area contributed by atoms with Crippen LogP contribution in [0.15, 0.2) is 48.5 Å². The van der Waals surface area contributed by atoms with Crippen molar-refractivity contribution in [3.63, 3.8) is 0 Å². The average Bonchev–Trinajstić information content (AvgIpc) is 2.53. The van der Waals surface area contributed by atoms with E-state index in [1.165, 1.54) is 18.2 Å². The van der Waals surface area contributed by atoms with E-state index in [9.17, 15) is 14.4 Å². The third-order valence-electron chi connectivity index (χ3n) is 3.14. The Labute approximate surface area is 137 Å². The summed E-state index contributed by atoms with van der Waals surface area (Å²) < 4.78 is 0. The van der Waals surface area contributed by atoms with Crippen molar-refractivity contribution < 1.29 is 19.5 Å². The molecule has 0 aliphatic heterocycles. The number of rotatable bonds is 6. The summed E-state index contributed by atoms with van der Waals surface area (Å²) in [5, 5.41) is 12.0. The number of carbonyl (C=O) groups is 3. The van der Waals surface area contributed by atoms with E-state index in [1.54, 1.807) is 30.3 Å². The molecule has 2 rings (SSSR count). The van der Waals surface area contributed by atoms with Gasteiger partial charge in [-0.2, -0.15) is 0 Å². The minimum atomic E-state index is -1.07. The maximum atomic E-state index is 12.0. The maximum Gasteiger partial charge on any atom is 0.335 e. The molecule has 0 atom stereocenters. The highest BCUT2D eigenvalue weighted by atomic mass is 35.5. The molecule has 0 saturated heterocycles. The predicted octanol–water partition coefficient (Wildman–Crippen LogP) is 3.64. The minimum absolute atomic E-state index is 0.0127. The van der Waals surface area contributed by atoms with Crippen LogP contribution >= 0.6 is 11.6 Å². The van der Waals surface area contributed by atoms with Crippen molar-refractivity contribution in [1.82, 2.24) is 0 Å². The van der Waals surface area contributed by atoms with E-state index in [-0.39, 0.29) is 30.1 Å². The van der Waals surface area contributed by atoms with Gasteiger partial charge in [-0.25, -0.2) is 4.79 Å². The topological polar surface area (TPSA) is 83.5 Å². The minimum Gasteiger partial charge on any atom is -0.478 e. The normalized spacial score (nSPS) is 10.1. The molecule has 2 N–H and O–H groups in total. The Bertz CT molecular complexity index is 741. The van der Waals surface area contributed by atoms with E-state index in [2.05, 4.69) is 5.32 Å². The van der Waals surface area contributed by atoms with Crippen molar-refractivity contribution in [2.45, 2.75) is 12.8 Å². The molecule has 0 aliphatic carbocycles. The summed E-state index contributed by atoms with van der Waals surface area (Å²) >= 11 is 5.75. The van der Waals surface area contributed by atoms with Crippen molar-refractivity contribution in [2.24, 2.45) is 0 Å². The Morgan fingerprint density at radius 1 is 0.957 bits per heavy atom. The van der Waals surface area contributed by atoms with Gasteiger partial charge in [-0.15, -0.1) is 0 Å². The first-order valence-electron chi connectivity index (χ1n) is 6.87. The summed E-state index contributed by atoms with van der Waals surface area (Å²) in [7, 11) is 0. The summed E-state index contributed by atoms with van der Waals surface area (Å²) in [4.78, 5) is 34.7. The van der Waals surface area contributed by atoms with Gasteiger partial charge in [0.15, 0.2) is 5.78 Å². The number of aromatic carboxylic acids is 1. The monoisotopic (exact) mass is 331 g/mol. The number of carboxylic acid groups (broad SMARTS) is 1. The third-order valence-corrected chi connectivity index (χ3v) is 3.39. The number of halogens is 1. The lowest BCUT2D eigenvalue weighted by molar-refractivity contribution is -0.116. The van der Waals surface area contributed by atoms with Gasteiger partial charge in [0.25, 0.3) is 0 Å². The quantitative estimate of drug-likeness (QED) is 0.791. The molecule has 0 unspecified atom stereocenters. The number of hydrogen-bond acceptors (Lipinski definition) is 3. The van der Waals surface area contributed by atoms with Gasteiger partial charge in [0.2, 0.25) is 5.91 Å². The molecular weight excluding hydrogens is 318 g/mol. The van der Waals surface area contributed by atoms with Crippen LogP contribution < -0.4 is 5.32 Å². The molecule has 2 aromatic carbocycles. The van der Waals surface area contributed by atoms with Crippen molar-refractivity contribution in [3.8, 4) is 0 Å². The van der Waals surface area contributed by atoms with E-state index >= 15 is 0 Å². The van der Waals surface area contributed by atoms with Gasteiger partial charge in [0.1, 0.15) is 0 Å². The molecule has 0 saturated carbocycles. The zero-order valence-corrected chi connectivity index (χ0v) is 12.8. The molecular formula is C17H14ClNO4. The number of benzene rings is 2. The molecule has 118 valence electrons. The number of nitrogens with one attached hydrogen (secondary N) is 1. The molecule has 0 aliphatic rings. The van der Waals surface area contributed by atoms with Crippen LogP contribution in [0.25, 0.3) is 0 Å². The van der Waals surface area contributed by atoms with Crippen molar-refractivity contribution >= 4 is 34.9 Å². The van der Waals surface area contributed by atoms with Gasteiger partial charge < -0.3 is 10.4 Å². The lowest BCUT2D eigenvalue weighted by Gasteiger charge is -2.06. The van der Waals surface area contributed by atoms with Gasteiger partial charge in [0.05, 0.1) is 5.56 Å². The lowest BCUT2D eigenvalue weighted by atomic mass is 10.1. The molecule has 0 fully saturated rings. The second kappa shape index (κ2) is 7.56. The lowest BCUT2D eigenvalue weighted by Crippen LogP contribution is -2.14. The number of carbonyl (C=O) groups excluding carboxylic acids is 2. The zero-order chi connectivity index (χ0) is 16.8. The number of Topliss-reactive ketones (excluding diaryl/α,β-unsaturated/α-hetero) is 1. The first kappa shape index (κ1) is 16.7. The summed E-state index contributed by atoms with van der Waals surface area (Å²) in [5.74, 6) is -1.58. The van der Waals surface area contributed by atoms with Crippen LogP contribution in [0.5, 0.6) is 0 Å². The summed E-state index contributed by atoms with van der Waals surface area (Å²) in [5.41, 5.74) is 0.962. The standard InChI is InChI=1S/C17H14ClNO4/c18-13-6-4-11(5-7-13)15(20)8-9-16(21)19-14-3-1-2-12(10-14)17(22)23/h1-7,10H,8-9H2,(H,19,21)(H,22,23). The average molecular weight is 332 g/mol. The van der Waals surface area contributed by atoms with Crippen LogP contribution in [0.2, 0.25) is 5.02 Å². The molecule has 0 radical (unpaired) electrons. The zero-order valence-electron chi connectivity index (χ0n) is 12.1. The molecule has 23 heavy (non-hydrogen) atoms. The number of amides is 1. The van der Waals surface area contributed by atoms with Crippen molar-refractivity contribution in [2.75, 3.05) is 5.32 Å². The Morgan fingerprint density at radius 2 is 1.65 bits per heavy atom. The maximum absolute atomic E-state index is 12.0. The highest BCUT2D eigenvalue weighted by Gasteiger charge is 2.10. The van der Waals surface area contributed by atoms with E-state index < -0.39 is 5.97 Å². The SMILES string of the molecule is O=C(CCC(=O)c1ccc(Cl)cc1)Nc1cccc(C(=O)O)c1. The van der Waals surface area contributed by atoms with E-state index in [0.717, 1.165) is 0 Å².